The van der Waals surface area contributed by atoms with E-state index in [1.165, 1.54) is 16.3 Å². The van der Waals surface area contributed by atoms with Crippen LogP contribution >= 0.6 is 0 Å². The van der Waals surface area contributed by atoms with Gasteiger partial charge in [-0.15, -0.1) is 46.7 Å². The Labute approximate surface area is 105 Å². The minimum absolute atomic E-state index is 0. The summed E-state index contributed by atoms with van der Waals surface area (Å²) in [6.45, 7) is 2.06. The zero-order valence-corrected chi connectivity index (χ0v) is 10.5. The molecular weight excluding hydrogens is 236 g/mol. The van der Waals surface area contributed by atoms with Crippen LogP contribution in [0.5, 0.6) is 0 Å². The molecule has 0 aliphatic rings. The molecule has 0 bridgehead atoms. The van der Waals surface area contributed by atoms with E-state index in [0.717, 1.165) is 0 Å². The Balaban J connectivity index is 0.000000720. The second-order valence-corrected chi connectivity index (χ2v) is 2.73. The molecule has 0 aromatic heterocycles. The van der Waals surface area contributed by atoms with Crippen molar-refractivity contribution in [2.75, 3.05) is 0 Å². The molecule has 0 heterocycles. The van der Waals surface area contributed by atoms with Gasteiger partial charge in [-0.2, -0.15) is 0 Å². The predicted molar refractivity (Wildman–Crippen MR) is 53.3 cm³/mol. The minimum Gasteiger partial charge on any atom is -1.00 e. The molecule has 0 fully saturated rings. The molecule has 0 atom stereocenters. The molecule has 2 rings (SSSR count). The van der Waals surface area contributed by atoms with E-state index in [2.05, 4.69) is 37.3 Å². The van der Waals surface area contributed by atoms with Crippen molar-refractivity contribution in [2.45, 2.75) is 6.92 Å². The molecule has 0 unspecified atom stereocenters. The number of benzene rings is 2. The fourth-order valence-corrected chi connectivity index (χ4v) is 1.23. The number of fused-ring (bicyclic) bond motifs is 1. The molecule has 0 saturated carbocycles. The van der Waals surface area contributed by atoms with Gasteiger partial charge in [0.05, 0.1) is 0 Å². The van der Waals surface area contributed by atoms with Crippen LogP contribution in [0, 0.1) is 13.0 Å². The van der Waals surface area contributed by atoms with Crippen molar-refractivity contribution in [3.63, 3.8) is 0 Å². The van der Waals surface area contributed by atoms with Crippen LogP contribution in [0.4, 0.5) is 0 Å². The number of halogens is 1. The normalized spacial score (nSPS) is 8.69. The summed E-state index contributed by atoms with van der Waals surface area (Å²) in [6.07, 6.45) is 0. The van der Waals surface area contributed by atoms with Crippen molar-refractivity contribution in [2.24, 2.45) is 0 Å². The van der Waals surface area contributed by atoms with E-state index in [1.54, 1.807) is 0 Å². The molecule has 0 saturated heterocycles. The Morgan fingerprint density at radius 3 is 2.46 bits per heavy atom. The van der Waals surface area contributed by atoms with Gasteiger partial charge in [-0.05, 0) is 0 Å². The molecule has 0 N–H and O–H groups in total. The molecule has 0 aliphatic carbocycles. The van der Waals surface area contributed by atoms with E-state index in [-0.39, 0.29) is 40.0 Å². The second kappa shape index (κ2) is 5.63. The van der Waals surface area contributed by atoms with Crippen LogP contribution in [-0.4, -0.2) is 23.1 Å². The predicted octanol–water partition coefficient (Wildman–Crippen LogP) is -0.428. The van der Waals surface area contributed by atoms with E-state index < -0.39 is 0 Å². The zero-order valence-electron chi connectivity index (χ0n) is 7.55. The van der Waals surface area contributed by atoms with Gasteiger partial charge < -0.3 is 17.0 Å². The SMILES string of the molecule is Cc1[c-]c2ccccc2cc1.[Br-].[Mg+2]. The second-order valence-electron chi connectivity index (χ2n) is 2.73. The summed E-state index contributed by atoms with van der Waals surface area (Å²) in [6, 6.07) is 15.8. The summed E-state index contributed by atoms with van der Waals surface area (Å²) in [5.74, 6) is 0. The number of rotatable bonds is 0. The van der Waals surface area contributed by atoms with Crippen molar-refractivity contribution in [1.29, 1.82) is 0 Å². The van der Waals surface area contributed by atoms with Crippen LogP contribution in [0.1, 0.15) is 5.56 Å². The fourth-order valence-electron chi connectivity index (χ4n) is 1.23. The van der Waals surface area contributed by atoms with Gasteiger partial charge in [-0.25, -0.2) is 0 Å². The number of hydrogen-bond donors (Lipinski definition) is 0. The van der Waals surface area contributed by atoms with Crippen molar-refractivity contribution >= 4 is 33.8 Å². The summed E-state index contributed by atoms with van der Waals surface area (Å²) < 4.78 is 0. The molecule has 2 heteroatoms. The third kappa shape index (κ3) is 2.97. The number of hydrogen-bond acceptors (Lipinski definition) is 0. The van der Waals surface area contributed by atoms with Crippen LogP contribution in [0.25, 0.3) is 10.8 Å². The molecule has 62 valence electrons. The summed E-state index contributed by atoms with van der Waals surface area (Å²) in [7, 11) is 0. The molecule has 0 aliphatic heterocycles. The maximum atomic E-state index is 3.29. The zero-order chi connectivity index (χ0) is 7.68. The first-order chi connectivity index (χ1) is 5.36. The molecule has 13 heavy (non-hydrogen) atoms. The summed E-state index contributed by atoms with van der Waals surface area (Å²) in [4.78, 5) is 0. The molecule has 2 aromatic rings. The Morgan fingerprint density at radius 1 is 1.00 bits per heavy atom. The van der Waals surface area contributed by atoms with E-state index in [9.17, 15) is 0 Å². The summed E-state index contributed by atoms with van der Waals surface area (Å²) in [5, 5.41) is 2.46. The van der Waals surface area contributed by atoms with E-state index in [0.29, 0.717) is 0 Å². The molecule has 0 nitrogen and oxygen atoms in total. The van der Waals surface area contributed by atoms with Gasteiger partial charge in [-0.3, -0.25) is 0 Å². The third-order valence-corrected chi connectivity index (χ3v) is 1.81. The van der Waals surface area contributed by atoms with Gasteiger partial charge in [0.15, 0.2) is 0 Å². The molecule has 2 aromatic carbocycles. The van der Waals surface area contributed by atoms with E-state index in [4.69, 9.17) is 0 Å². The van der Waals surface area contributed by atoms with Gasteiger partial charge >= 0.3 is 23.1 Å². The third-order valence-electron chi connectivity index (χ3n) is 1.81. The first kappa shape index (κ1) is 12.9. The Hall–Kier alpha value is -0.0538. The van der Waals surface area contributed by atoms with E-state index in [1.807, 2.05) is 12.1 Å². The van der Waals surface area contributed by atoms with Crippen LogP contribution in [0.3, 0.4) is 0 Å². The summed E-state index contributed by atoms with van der Waals surface area (Å²) >= 11 is 0. The van der Waals surface area contributed by atoms with E-state index >= 15 is 0 Å². The molecule has 0 spiro atoms. The first-order valence-corrected chi connectivity index (χ1v) is 3.74. The molecule has 0 amide bonds. The van der Waals surface area contributed by atoms with Gasteiger partial charge in [-0.1, -0.05) is 19.1 Å². The molecular formula is C11H9BrMg. The topological polar surface area (TPSA) is 0 Å². The van der Waals surface area contributed by atoms with Gasteiger partial charge in [0.25, 0.3) is 0 Å². The smallest absolute Gasteiger partial charge is 1.00 e. The van der Waals surface area contributed by atoms with Crippen LogP contribution in [-0.2, 0) is 0 Å². The Kier molecular flexibility index (Phi) is 5.61. The maximum absolute atomic E-state index is 3.29. The Morgan fingerprint density at radius 2 is 1.69 bits per heavy atom. The minimum atomic E-state index is 0. The maximum Gasteiger partial charge on any atom is 2.00 e. The average molecular weight is 245 g/mol. The summed E-state index contributed by atoms with van der Waals surface area (Å²) in [5.41, 5.74) is 1.20. The van der Waals surface area contributed by atoms with Crippen molar-refractivity contribution in [1.82, 2.24) is 0 Å². The quantitative estimate of drug-likeness (QED) is 0.436. The first-order valence-electron chi connectivity index (χ1n) is 3.74. The van der Waals surface area contributed by atoms with Crippen LogP contribution < -0.4 is 17.0 Å². The van der Waals surface area contributed by atoms with Crippen molar-refractivity contribution in [3.05, 3.63) is 48.0 Å². The van der Waals surface area contributed by atoms with Crippen LogP contribution in [0.2, 0.25) is 0 Å². The standard InChI is InChI=1S/C11H9.BrH.Mg/c1-9-6-7-10-4-2-3-5-11(10)8-9;;/h2-7H,1H3;1H;/q-1;;+2/p-1. The largest absolute Gasteiger partial charge is 2.00 e. The van der Waals surface area contributed by atoms with Crippen molar-refractivity contribution in [3.8, 4) is 0 Å². The number of aryl methyl sites for hydroxylation is 1. The molecule has 0 radical (unpaired) electrons. The van der Waals surface area contributed by atoms with Gasteiger partial charge in [0.2, 0.25) is 0 Å². The van der Waals surface area contributed by atoms with Gasteiger partial charge in [0.1, 0.15) is 0 Å². The average Bonchev–Trinajstić information content (AvgIpc) is 2.04. The Bertz CT molecular complexity index is 385. The fraction of sp³-hybridized carbons (Fsp3) is 0.0909. The van der Waals surface area contributed by atoms with Crippen LogP contribution in [0.15, 0.2) is 36.4 Å². The van der Waals surface area contributed by atoms with Crippen molar-refractivity contribution < 1.29 is 17.0 Å². The monoisotopic (exact) mass is 244 g/mol. The van der Waals surface area contributed by atoms with Gasteiger partial charge in [0, 0.05) is 0 Å².